The van der Waals surface area contributed by atoms with E-state index in [-0.39, 0.29) is 12.1 Å². The Labute approximate surface area is 140 Å². The number of aryl methyl sites for hydroxylation is 2. The molecular weight excluding hydrogens is 314 g/mol. The SMILES string of the molecule is Cc1ccc(NC(=O)N2CC(Oc3ccc(Cl)cn3)C2)cc1C. The second-order valence-corrected chi connectivity index (χ2v) is 6.13. The van der Waals surface area contributed by atoms with Crippen molar-refractivity contribution in [1.29, 1.82) is 0 Å². The maximum atomic E-state index is 12.2. The Morgan fingerprint density at radius 3 is 2.70 bits per heavy atom. The largest absolute Gasteiger partial charge is 0.471 e. The molecule has 1 fully saturated rings. The van der Waals surface area contributed by atoms with Gasteiger partial charge < -0.3 is 15.0 Å². The molecule has 5 nitrogen and oxygen atoms in total. The van der Waals surface area contributed by atoms with Gasteiger partial charge in [0.15, 0.2) is 0 Å². The van der Waals surface area contributed by atoms with E-state index in [1.165, 1.54) is 5.56 Å². The number of rotatable bonds is 3. The van der Waals surface area contributed by atoms with Crippen molar-refractivity contribution < 1.29 is 9.53 Å². The van der Waals surface area contributed by atoms with Crippen molar-refractivity contribution >= 4 is 23.3 Å². The molecule has 2 heterocycles. The molecule has 0 bridgehead atoms. The first-order chi connectivity index (χ1) is 11.0. The van der Waals surface area contributed by atoms with Crippen LogP contribution in [0, 0.1) is 13.8 Å². The van der Waals surface area contributed by atoms with E-state index < -0.39 is 0 Å². The number of pyridine rings is 1. The van der Waals surface area contributed by atoms with E-state index in [0.717, 1.165) is 11.3 Å². The average molecular weight is 332 g/mol. The first-order valence-electron chi connectivity index (χ1n) is 7.42. The topological polar surface area (TPSA) is 54.5 Å². The molecule has 0 spiro atoms. The van der Waals surface area contributed by atoms with Gasteiger partial charge in [-0.1, -0.05) is 17.7 Å². The molecule has 120 valence electrons. The van der Waals surface area contributed by atoms with Gasteiger partial charge in [0.05, 0.1) is 18.1 Å². The molecule has 2 aromatic rings. The zero-order chi connectivity index (χ0) is 16.4. The molecule has 1 aromatic heterocycles. The van der Waals surface area contributed by atoms with Crippen molar-refractivity contribution in [1.82, 2.24) is 9.88 Å². The van der Waals surface area contributed by atoms with E-state index in [4.69, 9.17) is 16.3 Å². The number of benzene rings is 1. The van der Waals surface area contributed by atoms with Crippen molar-refractivity contribution in [3.63, 3.8) is 0 Å². The number of anilines is 1. The molecule has 0 aliphatic carbocycles. The molecule has 2 amide bonds. The van der Waals surface area contributed by atoms with Crippen LogP contribution in [0.4, 0.5) is 10.5 Å². The van der Waals surface area contributed by atoms with E-state index in [0.29, 0.717) is 24.0 Å². The minimum absolute atomic E-state index is 0.0332. The predicted molar refractivity (Wildman–Crippen MR) is 90.2 cm³/mol. The van der Waals surface area contributed by atoms with Gasteiger partial charge in [0.1, 0.15) is 6.10 Å². The van der Waals surface area contributed by atoms with E-state index in [1.807, 2.05) is 32.0 Å². The summed E-state index contributed by atoms with van der Waals surface area (Å²) >= 11 is 5.78. The van der Waals surface area contributed by atoms with Gasteiger partial charge in [-0.05, 0) is 43.2 Å². The molecule has 1 saturated heterocycles. The van der Waals surface area contributed by atoms with Gasteiger partial charge in [-0.25, -0.2) is 9.78 Å². The molecule has 3 rings (SSSR count). The quantitative estimate of drug-likeness (QED) is 0.934. The molecule has 0 saturated carbocycles. The van der Waals surface area contributed by atoms with Crippen molar-refractivity contribution in [2.75, 3.05) is 18.4 Å². The summed E-state index contributed by atoms with van der Waals surface area (Å²) in [6.45, 7) is 5.16. The third-order valence-corrected chi connectivity index (χ3v) is 4.10. The Hall–Kier alpha value is -2.27. The summed E-state index contributed by atoms with van der Waals surface area (Å²) in [5, 5.41) is 3.47. The first-order valence-corrected chi connectivity index (χ1v) is 7.80. The molecule has 1 aliphatic heterocycles. The lowest BCUT2D eigenvalue weighted by molar-refractivity contribution is 0.0461. The van der Waals surface area contributed by atoms with Crippen molar-refractivity contribution in [3.8, 4) is 5.88 Å². The number of hydrogen-bond acceptors (Lipinski definition) is 3. The molecule has 6 heteroatoms. The minimum Gasteiger partial charge on any atom is -0.471 e. The summed E-state index contributed by atoms with van der Waals surface area (Å²) in [5.74, 6) is 0.522. The highest BCUT2D eigenvalue weighted by atomic mass is 35.5. The normalized spacial score (nSPS) is 14.3. The molecule has 1 aliphatic rings. The number of ether oxygens (including phenoxy) is 1. The Morgan fingerprint density at radius 2 is 2.04 bits per heavy atom. The summed E-state index contributed by atoms with van der Waals surface area (Å²) in [4.78, 5) is 17.9. The number of nitrogens with zero attached hydrogens (tertiary/aromatic N) is 2. The Morgan fingerprint density at radius 1 is 1.26 bits per heavy atom. The second-order valence-electron chi connectivity index (χ2n) is 5.69. The van der Waals surface area contributed by atoms with Crippen LogP contribution in [0.5, 0.6) is 5.88 Å². The fourth-order valence-corrected chi connectivity index (χ4v) is 2.41. The van der Waals surface area contributed by atoms with Gasteiger partial charge in [0.25, 0.3) is 0 Å². The number of urea groups is 1. The maximum absolute atomic E-state index is 12.2. The second kappa shape index (κ2) is 6.46. The van der Waals surface area contributed by atoms with Crippen LogP contribution in [-0.2, 0) is 0 Å². The van der Waals surface area contributed by atoms with Crippen LogP contribution in [0.15, 0.2) is 36.5 Å². The van der Waals surface area contributed by atoms with Crippen LogP contribution >= 0.6 is 11.6 Å². The van der Waals surface area contributed by atoms with Crippen molar-refractivity contribution in [2.45, 2.75) is 20.0 Å². The Bertz CT molecular complexity index is 712. The molecule has 1 N–H and O–H groups in total. The monoisotopic (exact) mass is 331 g/mol. The number of aromatic nitrogens is 1. The summed E-state index contributed by atoms with van der Waals surface area (Å²) < 4.78 is 5.68. The van der Waals surface area contributed by atoms with E-state index in [1.54, 1.807) is 23.2 Å². The maximum Gasteiger partial charge on any atom is 0.322 e. The zero-order valence-electron chi connectivity index (χ0n) is 13.0. The summed E-state index contributed by atoms with van der Waals surface area (Å²) in [6, 6.07) is 9.22. The van der Waals surface area contributed by atoms with E-state index in [2.05, 4.69) is 10.3 Å². The first kappa shape index (κ1) is 15.6. The fourth-order valence-electron chi connectivity index (χ4n) is 2.30. The van der Waals surface area contributed by atoms with Crippen LogP contribution in [0.25, 0.3) is 0 Å². The predicted octanol–water partition coefficient (Wildman–Crippen LogP) is 3.65. The van der Waals surface area contributed by atoms with E-state index >= 15 is 0 Å². The number of hydrogen-bond donors (Lipinski definition) is 1. The molecule has 0 unspecified atom stereocenters. The highest BCUT2D eigenvalue weighted by Crippen LogP contribution is 2.20. The highest BCUT2D eigenvalue weighted by molar-refractivity contribution is 6.30. The average Bonchev–Trinajstić information content (AvgIpc) is 2.48. The molecule has 23 heavy (non-hydrogen) atoms. The van der Waals surface area contributed by atoms with Crippen LogP contribution in [-0.4, -0.2) is 35.1 Å². The fraction of sp³-hybridized carbons (Fsp3) is 0.294. The van der Waals surface area contributed by atoms with Crippen molar-refractivity contribution in [3.05, 3.63) is 52.7 Å². The third kappa shape index (κ3) is 3.74. The zero-order valence-corrected chi connectivity index (χ0v) is 13.8. The number of halogens is 1. The molecule has 1 aromatic carbocycles. The smallest absolute Gasteiger partial charge is 0.322 e. The molecule has 0 atom stereocenters. The van der Waals surface area contributed by atoms with Crippen LogP contribution in [0.3, 0.4) is 0 Å². The van der Waals surface area contributed by atoms with Crippen LogP contribution < -0.4 is 10.1 Å². The standard InChI is InChI=1S/C17H18ClN3O2/c1-11-3-5-14(7-12(11)2)20-17(22)21-9-15(10-21)23-16-6-4-13(18)8-19-16/h3-8,15H,9-10H2,1-2H3,(H,20,22). The number of carbonyl (C=O) groups is 1. The van der Waals surface area contributed by atoms with Gasteiger partial charge in [0, 0.05) is 18.0 Å². The van der Waals surface area contributed by atoms with Gasteiger partial charge in [-0.3, -0.25) is 0 Å². The van der Waals surface area contributed by atoms with Gasteiger partial charge in [0.2, 0.25) is 5.88 Å². The highest BCUT2D eigenvalue weighted by Gasteiger charge is 2.32. The lowest BCUT2D eigenvalue weighted by Crippen LogP contribution is -2.57. The van der Waals surface area contributed by atoms with E-state index in [9.17, 15) is 4.79 Å². The van der Waals surface area contributed by atoms with Crippen molar-refractivity contribution in [2.24, 2.45) is 0 Å². The number of likely N-dealkylation sites (tertiary alicyclic amines) is 1. The van der Waals surface area contributed by atoms with Gasteiger partial charge >= 0.3 is 6.03 Å². The minimum atomic E-state index is -0.114. The van der Waals surface area contributed by atoms with Gasteiger partial charge in [-0.2, -0.15) is 0 Å². The summed E-state index contributed by atoms with van der Waals surface area (Å²) in [7, 11) is 0. The lowest BCUT2D eigenvalue weighted by Gasteiger charge is -2.38. The summed E-state index contributed by atoms with van der Waals surface area (Å²) in [6.07, 6.45) is 1.51. The van der Waals surface area contributed by atoms with Gasteiger partial charge in [-0.15, -0.1) is 0 Å². The third-order valence-electron chi connectivity index (χ3n) is 3.88. The lowest BCUT2D eigenvalue weighted by atomic mass is 10.1. The van der Waals surface area contributed by atoms with Crippen LogP contribution in [0.1, 0.15) is 11.1 Å². The number of amides is 2. The number of nitrogens with one attached hydrogen (secondary N) is 1. The molecule has 0 radical (unpaired) electrons. The summed E-state index contributed by atoms with van der Waals surface area (Å²) in [5.41, 5.74) is 3.17. The Kier molecular flexibility index (Phi) is 4.39. The molecular formula is C17H18ClN3O2. The Balaban J connectivity index is 1.49. The number of carbonyl (C=O) groups excluding carboxylic acids is 1. The van der Waals surface area contributed by atoms with Crippen LogP contribution in [0.2, 0.25) is 5.02 Å².